The maximum atomic E-state index is 14.5. The molecule has 2 aromatic carbocycles. The van der Waals surface area contributed by atoms with Crippen molar-refractivity contribution in [2.24, 2.45) is 5.92 Å². The third kappa shape index (κ3) is 9.33. The number of thiazole rings is 1. The van der Waals surface area contributed by atoms with E-state index in [4.69, 9.17) is 15.0 Å². The van der Waals surface area contributed by atoms with E-state index in [1.807, 2.05) is 75.7 Å². The van der Waals surface area contributed by atoms with E-state index < -0.39 is 18.1 Å². The van der Waals surface area contributed by atoms with Gasteiger partial charge in [-0.05, 0) is 88.2 Å². The molecule has 6 heterocycles. The highest BCUT2D eigenvalue weighted by molar-refractivity contribution is 7.13. The molecule has 5 aromatic rings. The van der Waals surface area contributed by atoms with E-state index in [-0.39, 0.29) is 42.5 Å². The Hall–Kier alpha value is -5.42. The van der Waals surface area contributed by atoms with Crippen molar-refractivity contribution in [1.29, 1.82) is 0 Å². The summed E-state index contributed by atoms with van der Waals surface area (Å²) in [6, 6.07) is 18.5. The maximum Gasteiger partial charge on any atom is 0.243 e. The lowest BCUT2D eigenvalue weighted by Crippen LogP contribution is -2.54. The highest BCUT2D eigenvalue weighted by Gasteiger charge is 2.44. The topological polar surface area (TPSA) is 196 Å². The number of aliphatic hydroxyl groups excluding tert-OH is 1. The van der Waals surface area contributed by atoms with Crippen molar-refractivity contribution in [2.45, 2.75) is 96.0 Å². The number of rotatable bonds is 16. The number of benzene rings is 2. The molecule has 0 radical (unpaired) electrons. The van der Waals surface area contributed by atoms with Gasteiger partial charge in [0.1, 0.15) is 23.5 Å². The Bertz CT molecular complexity index is 2320. The molecule has 5 N–H and O–H groups in total. The molecule has 8 rings (SSSR count). The van der Waals surface area contributed by atoms with Crippen molar-refractivity contribution >= 4 is 34.7 Å². The number of unbranched alkanes of at least 4 members (excludes halogenated alkanes) is 1. The number of β-amino-alcohol motifs (C(OH)–C–C–N with tert-alkyl or cyclic N) is 1. The number of carbonyl (C=O) groups is 2. The Morgan fingerprint density at radius 1 is 1.02 bits per heavy atom. The molecule has 0 spiro atoms. The number of hydrogen-bond acceptors (Lipinski definition) is 14. The largest absolute Gasteiger partial charge is 0.507 e. The summed E-state index contributed by atoms with van der Waals surface area (Å²) in [5, 5.41) is 36.9. The van der Waals surface area contributed by atoms with Crippen LogP contribution in [-0.2, 0) is 14.3 Å². The van der Waals surface area contributed by atoms with Gasteiger partial charge in [-0.2, -0.15) is 0 Å². The molecule has 62 heavy (non-hydrogen) atoms. The van der Waals surface area contributed by atoms with Crippen LogP contribution in [0.2, 0.25) is 0 Å². The summed E-state index contributed by atoms with van der Waals surface area (Å²) in [5.41, 5.74) is 13.9. The number of aromatic nitrogens is 4. The third-order valence-electron chi connectivity index (χ3n) is 12.7. The first-order chi connectivity index (χ1) is 29.9. The monoisotopic (exact) mass is 863 g/mol. The molecule has 2 bridgehead atoms. The summed E-state index contributed by atoms with van der Waals surface area (Å²) >= 11 is 1.59. The van der Waals surface area contributed by atoms with E-state index in [1.165, 1.54) is 4.90 Å². The van der Waals surface area contributed by atoms with Crippen LogP contribution in [-0.4, -0.2) is 116 Å². The Labute approximate surface area is 366 Å². The number of nitrogens with one attached hydrogen (secondary N) is 1. The summed E-state index contributed by atoms with van der Waals surface area (Å²) in [4.78, 5) is 40.2. The van der Waals surface area contributed by atoms with Crippen molar-refractivity contribution in [1.82, 2.24) is 35.5 Å². The first kappa shape index (κ1) is 43.2. The number of aromatic hydroxyl groups is 1. The van der Waals surface area contributed by atoms with Crippen LogP contribution >= 0.6 is 11.3 Å². The standard InChI is InChI=1S/C46H57N9O6S/c1-27(25-60-18-8-7-17-54-33-15-16-34(54)23-53(22-33)38-21-37(50-51-44(38)47)36-9-5-6-10-40(36)57)42(41-19-28(2)52-61-41)46(59)55-24-35(56)20-39(55)45(58)49-29(3)31-11-13-32(14-12-31)43-30(4)48-26-62-43/h5-6,9-14,19,21,26-27,29,33-35,39,42,56-57H,7-8,15-18,20,22-25H2,1-4H3,(H2,47,51)(H,49,58)/t27-,29+,33?,34?,35-,39+,42+/m1/s1. The van der Waals surface area contributed by atoms with Crippen molar-refractivity contribution in [2.75, 3.05) is 50.0 Å². The SMILES string of the molecule is Cc1cc([C@@H](C(=O)N2C[C@H](O)C[C@H]2C(=O)N[C@@H](C)c2ccc(-c3scnc3C)cc2)[C@H](C)COCCCCN2C3CCC2CN(c2cc(-c4ccccc4O)nnc2N)C3)on1. The Balaban J connectivity index is 0.832. The van der Waals surface area contributed by atoms with Crippen LogP contribution in [0.3, 0.4) is 0 Å². The summed E-state index contributed by atoms with van der Waals surface area (Å²) in [5.74, 6) is -0.678. The number of nitrogen functional groups attached to an aromatic ring is 1. The average Bonchev–Trinajstić information content (AvgIpc) is 4.05. The molecule has 2 amide bonds. The molecule has 16 heteroatoms. The number of phenolic OH excluding ortho intramolecular Hbond substituents is 1. The number of anilines is 2. The van der Waals surface area contributed by atoms with Gasteiger partial charge in [0.05, 0.1) is 51.9 Å². The minimum atomic E-state index is -0.837. The lowest BCUT2D eigenvalue weighted by molar-refractivity contribution is -0.141. The van der Waals surface area contributed by atoms with Crippen LogP contribution in [0.25, 0.3) is 21.7 Å². The van der Waals surface area contributed by atoms with E-state index >= 15 is 0 Å². The summed E-state index contributed by atoms with van der Waals surface area (Å²) in [6.45, 7) is 11.2. The number of aryl methyl sites for hydroxylation is 2. The maximum absolute atomic E-state index is 14.5. The minimum Gasteiger partial charge on any atom is -0.507 e. The van der Waals surface area contributed by atoms with Gasteiger partial charge in [-0.25, -0.2) is 4.98 Å². The number of hydrogen-bond donors (Lipinski definition) is 4. The Kier molecular flexibility index (Phi) is 13.2. The predicted molar refractivity (Wildman–Crippen MR) is 237 cm³/mol. The van der Waals surface area contributed by atoms with Gasteiger partial charge < -0.3 is 40.3 Å². The summed E-state index contributed by atoms with van der Waals surface area (Å²) < 4.78 is 11.9. The van der Waals surface area contributed by atoms with Crippen LogP contribution in [0.5, 0.6) is 5.75 Å². The highest BCUT2D eigenvalue weighted by Crippen LogP contribution is 2.37. The zero-order valence-corrected chi connectivity index (χ0v) is 36.6. The van der Waals surface area contributed by atoms with Gasteiger partial charge in [0.25, 0.3) is 0 Å². The second-order valence-electron chi connectivity index (χ2n) is 17.2. The van der Waals surface area contributed by atoms with E-state index in [0.717, 1.165) is 72.7 Å². The molecule has 3 saturated heterocycles. The summed E-state index contributed by atoms with van der Waals surface area (Å²) in [7, 11) is 0. The molecule has 7 atom stereocenters. The molecule has 3 aliphatic heterocycles. The van der Waals surface area contributed by atoms with Gasteiger partial charge in [0, 0.05) is 56.4 Å². The average molecular weight is 864 g/mol. The Morgan fingerprint density at radius 3 is 2.47 bits per heavy atom. The number of nitrogens with zero attached hydrogens (tertiary/aromatic N) is 7. The molecular weight excluding hydrogens is 807 g/mol. The predicted octanol–water partition coefficient (Wildman–Crippen LogP) is 5.87. The number of phenols is 1. The zero-order chi connectivity index (χ0) is 43.5. The van der Waals surface area contributed by atoms with E-state index in [1.54, 1.807) is 29.5 Å². The van der Waals surface area contributed by atoms with Gasteiger partial charge in [-0.3, -0.25) is 14.5 Å². The quantitative estimate of drug-likeness (QED) is 0.0862. The fraction of sp³-hybridized carbons (Fsp3) is 0.478. The number of para-hydroxylation sites is 1. The number of likely N-dealkylation sites (tertiary alicyclic amines) is 1. The van der Waals surface area contributed by atoms with Crippen LogP contribution in [0.1, 0.15) is 80.6 Å². The highest BCUT2D eigenvalue weighted by atomic mass is 32.1. The molecule has 15 nitrogen and oxygen atoms in total. The zero-order valence-electron chi connectivity index (χ0n) is 35.8. The fourth-order valence-electron chi connectivity index (χ4n) is 9.44. The molecule has 0 saturated carbocycles. The van der Waals surface area contributed by atoms with E-state index in [2.05, 4.69) is 35.5 Å². The third-order valence-corrected chi connectivity index (χ3v) is 13.7. The number of nitrogens with two attached hydrogens (primary N) is 1. The van der Waals surface area contributed by atoms with Gasteiger partial charge in [-0.15, -0.1) is 21.5 Å². The fourth-order valence-corrected chi connectivity index (χ4v) is 10.2. The number of ether oxygens (including phenoxy) is 1. The van der Waals surface area contributed by atoms with Crippen LogP contribution in [0, 0.1) is 19.8 Å². The smallest absolute Gasteiger partial charge is 0.243 e. The summed E-state index contributed by atoms with van der Waals surface area (Å²) in [6.07, 6.45) is 3.39. The second kappa shape index (κ2) is 18.9. The van der Waals surface area contributed by atoms with Crippen LogP contribution < -0.4 is 16.0 Å². The molecule has 2 unspecified atom stereocenters. The Morgan fingerprint density at radius 2 is 1.77 bits per heavy atom. The molecule has 0 aliphatic carbocycles. The first-order valence-corrected chi connectivity index (χ1v) is 22.6. The normalized spacial score (nSPS) is 21.6. The first-order valence-electron chi connectivity index (χ1n) is 21.7. The number of aliphatic hydroxyl groups is 1. The number of piperazine rings is 1. The number of fused-ring (bicyclic) bond motifs is 2. The lowest BCUT2D eigenvalue weighted by Gasteiger charge is -2.42. The lowest BCUT2D eigenvalue weighted by atomic mass is 9.90. The molecular formula is C46H57N9O6S. The number of carbonyl (C=O) groups excluding carboxylic acids is 2. The molecule has 3 aromatic heterocycles. The van der Waals surface area contributed by atoms with E-state index in [0.29, 0.717) is 53.8 Å². The van der Waals surface area contributed by atoms with Gasteiger partial charge in [0.15, 0.2) is 5.82 Å². The van der Waals surface area contributed by atoms with Gasteiger partial charge in [0.2, 0.25) is 11.8 Å². The van der Waals surface area contributed by atoms with Crippen LogP contribution in [0.4, 0.5) is 11.5 Å². The van der Waals surface area contributed by atoms with Crippen molar-refractivity contribution < 1.29 is 29.1 Å². The second-order valence-corrected chi connectivity index (χ2v) is 18.0. The van der Waals surface area contributed by atoms with Crippen molar-refractivity contribution in [3.05, 3.63) is 88.9 Å². The van der Waals surface area contributed by atoms with Gasteiger partial charge in [-0.1, -0.05) is 48.5 Å². The molecule has 328 valence electrons. The molecule has 3 fully saturated rings. The minimum absolute atomic E-state index is 0.0494. The molecule has 3 aliphatic rings. The van der Waals surface area contributed by atoms with Crippen molar-refractivity contribution in [3.63, 3.8) is 0 Å². The van der Waals surface area contributed by atoms with E-state index in [9.17, 15) is 19.8 Å². The van der Waals surface area contributed by atoms with Gasteiger partial charge >= 0.3 is 0 Å². The van der Waals surface area contributed by atoms with Crippen molar-refractivity contribution in [3.8, 4) is 27.4 Å². The number of amides is 2. The van der Waals surface area contributed by atoms with Crippen LogP contribution in [0.15, 0.2) is 70.7 Å².